The molecule has 1 aliphatic carbocycles. The zero-order valence-electron chi connectivity index (χ0n) is 37.1. The average molecular weight is 896 g/mol. The van der Waals surface area contributed by atoms with Crippen molar-refractivity contribution in [3.8, 4) is 45.7 Å². The molecule has 3 aromatic carbocycles. The second-order valence-corrected chi connectivity index (χ2v) is 17.9. The molecule has 5 N–H and O–H groups in total. The van der Waals surface area contributed by atoms with Gasteiger partial charge in [0, 0.05) is 51.8 Å². The third-order valence-electron chi connectivity index (χ3n) is 13.8. The SMILES string of the molecule is CCc1c2c(nc3ccc(OC(=O)C4CCC(CCn5ccc6cc(-n7c(-c8cc(C(C)C)c(O)cc8O)n[nH]c7=O)ccc65)CC4)cc13)-c1cc([C@@](O)(CC)C(=O)[O-])c(CO)c(=O)n1C2. The molecular formula is C50H51N6O10-. The first kappa shape index (κ1) is 44.2. The number of aryl methyl sites for hydroxylation is 2. The number of nitrogens with zero attached hydrogens (tertiary/aromatic N) is 5. The quantitative estimate of drug-likeness (QED) is 0.0697. The number of carbonyl (C=O) groups is 2. The Bertz CT molecular complexity index is 3210. The Morgan fingerprint density at radius 3 is 2.44 bits per heavy atom. The first-order valence-electron chi connectivity index (χ1n) is 22.5. The summed E-state index contributed by atoms with van der Waals surface area (Å²) in [4.78, 5) is 57.2. The predicted octanol–water partition coefficient (Wildman–Crippen LogP) is 5.66. The van der Waals surface area contributed by atoms with Crippen molar-refractivity contribution in [1.82, 2.24) is 28.9 Å². The number of hydrogen-bond donors (Lipinski definition) is 5. The zero-order chi connectivity index (χ0) is 46.8. The van der Waals surface area contributed by atoms with Gasteiger partial charge in [-0.2, -0.15) is 5.10 Å². The summed E-state index contributed by atoms with van der Waals surface area (Å²) in [5, 5.41) is 62.8. The standard InChI is InChI=1S/C50H52N6O10/c1-5-32-34-20-31(12-13-39(34)51-44-36(32)24-55-41(44)22-38(37(25-57)46(55)60)50(65,6-2)48(62)63)66-47(61)28-9-7-27(8-10-28)15-17-54-18-16-29-19-30(11-14-40(29)54)56-45(52-53-49(56)64)35-21-33(26(3)4)42(58)23-43(35)59/h11-14,16,18-23,26-28,57-59,65H,5-10,15,17,24-25H2,1-4H3,(H,53,64)(H,62,63)/p-1/t27?,28?,50-/m0/s1. The molecule has 0 radical (unpaired) electrons. The second kappa shape index (κ2) is 17.1. The van der Waals surface area contributed by atoms with E-state index in [0.29, 0.717) is 64.6 Å². The number of aromatic hydroxyl groups is 2. The van der Waals surface area contributed by atoms with E-state index in [1.807, 2.05) is 51.2 Å². The number of H-pyrrole nitrogens is 1. The highest BCUT2D eigenvalue weighted by Crippen LogP contribution is 2.41. The van der Waals surface area contributed by atoms with Crippen LogP contribution in [0.4, 0.5) is 0 Å². The van der Waals surface area contributed by atoms with E-state index in [1.165, 1.54) is 28.2 Å². The summed E-state index contributed by atoms with van der Waals surface area (Å²) in [6.45, 7) is 7.43. The van der Waals surface area contributed by atoms with Crippen molar-refractivity contribution >= 4 is 33.7 Å². The number of aromatic nitrogens is 6. The summed E-state index contributed by atoms with van der Waals surface area (Å²) in [6, 6.07) is 17.3. The topological polar surface area (TPSA) is 238 Å². The van der Waals surface area contributed by atoms with Crippen LogP contribution in [-0.4, -0.2) is 61.2 Å². The van der Waals surface area contributed by atoms with Crippen LogP contribution in [0.25, 0.3) is 50.3 Å². The lowest BCUT2D eigenvalue weighted by Gasteiger charge is -2.30. The number of ether oxygens (including phenoxy) is 1. The van der Waals surface area contributed by atoms with Gasteiger partial charge in [-0.1, -0.05) is 27.7 Å². The number of carboxylic acids is 1. The number of carbonyl (C=O) groups excluding carboxylic acids is 2. The van der Waals surface area contributed by atoms with Crippen molar-refractivity contribution in [2.24, 2.45) is 11.8 Å². The van der Waals surface area contributed by atoms with Gasteiger partial charge in [0.2, 0.25) is 0 Å². The number of aliphatic carboxylic acids is 1. The molecule has 16 nitrogen and oxygen atoms in total. The molecule has 0 unspecified atom stereocenters. The van der Waals surface area contributed by atoms with Crippen LogP contribution in [0.3, 0.4) is 0 Å². The summed E-state index contributed by atoms with van der Waals surface area (Å²) in [5.74, 6) is -1.50. The molecular weight excluding hydrogens is 845 g/mol. The normalized spacial score (nSPS) is 16.7. The minimum Gasteiger partial charge on any atom is -0.547 e. The molecule has 0 amide bonds. The number of esters is 1. The van der Waals surface area contributed by atoms with Crippen LogP contribution in [0.15, 0.2) is 76.4 Å². The third kappa shape index (κ3) is 7.43. The number of aromatic amines is 1. The molecule has 0 saturated heterocycles. The number of carboxylic acid groups (broad SMARTS) is 1. The van der Waals surface area contributed by atoms with Gasteiger partial charge in [0.25, 0.3) is 5.56 Å². The van der Waals surface area contributed by atoms with Crippen molar-refractivity contribution in [3.63, 3.8) is 0 Å². The Labute approximate surface area is 378 Å². The number of pyridine rings is 2. The highest BCUT2D eigenvalue weighted by atomic mass is 16.5. The van der Waals surface area contributed by atoms with E-state index in [1.54, 1.807) is 24.3 Å². The maximum absolute atomic E-state index is 13.6. The third-order valence-corrected chi connectivity index (χ3v) is 13.8. The number of rotatable bonds is 13. The number of benzene rings is 3. The molecule has 1 atom stereocenters. The van der Waals surface area contributed by atoms with Gasteiger partial charge in [-0.05, 0) is 123 Å². The first-order chi connectivity index (χ1) is 31.6. The van der Waals surface area contributed by atoms with Gasteiger partial charge in [0.05, 0.1) is 53.2 Å². The number of phenols is 2. The van der Waals surface area contributed by atoms with E-state index in [-0.39, 0.29) is 59.2 Å². The predicted molar refractivity (Wildman–Crippen MR) is 243 cm³/mol. The van der Waals surface area contributed by atoms with E-state index in [4.69, 9.17) is 9.72 Å². The molecule has 9 rings (SSSR count). The van der Waals surface area contributed by atoms with Crippen LogP contribution in [0.5, 0.6) is 17.2 Å². The average Bonchev–Trinajstić information content (AvgIpc) is 4.01. The highest BCUT2D eigenvalue weighted by molar-refractivity contribution is 5.90. The monoisotopic (exact) mass is 895 g/mol. The number of aliphatic hydroxyl groups is 2. The number of fused-ring (bicyclic) bond motifs is 5. The Hall–Kier alpha value is -7.04. The van der Waals surface area contributed by atoms with Gasteiger partial charge in [0.15, 0.2) is 5.82 Å². The second-order valence-electron chi connectivity index (χ2n) is 17.9. The fourth-order valence-electron chi connectivity index (χ4n) is 10.0. The minimum absolute atomic E-state index is 0.0248. The summed E-state index contributed by atoms with van der Waals surface area (Å²) in [6.07, 6.45) is 6.40. The molecule has 0 spiro atoms. The van der Waals surface area contributed by atoms with Crippen molar-refractivity contribution in [2.75, 3.05) is 0 Å². The van der Waals surface area contributed by atoms with E-state index >= 15 is 0 Å². The fourth-order valence-corrected chi connectivity index (χ4v) is 10.0. The van der Waals surface area contributed by atoms with Crippen LogP contribution >= 0.6 is 0 Å². The van der Waals surface area contributed by atoms with Gasteiger partial charge in [-0.25, -0.2) is 19.4 Å². The van der Waals surface area contributed by atoms with Gasteiger partial charge in [-0.3, -0.25) is 9.59 Å². The molecule has 4 aromatic heterocycles. The van der Waals surface area contributed by atoms with Crippen LogP contribution < -0.4 is 21.1 Å². The maximum atomic E-state index is 13.6. The van der Waals surface area contributed by atoms with E-state index in [0.717, 1.165) is 53.2 Å². The largest absolute Gasteiger partial charge is 0.547 e. The smallest absolute Gasteiger partial charge is 0.348 e. The number of nitrogens with one attached hydrogen (secondary N) is 1. The Morgan fingerprint density at radius 2 is 1.74 bits per heavy atom. The molecule has 342 valence electrons. The van der Waals surface area contributed by atoms with Gasteiger partial charge >= 0.3 is 11.7 Å². The molecule has 1 saturated carbocycles. The molecule has 7 aromatic rings. The van der Waals surface area contributed by atoms with Crippen LogP contribution in [0.1, 0.15) is 100.0 Å². The summed E-state index contributed by atoms with van der Waals surface area (Å²) < 4.78 is 11.0. The van der Waals surface area contributed by atoms with Crippen LogP contribution in [0, 0.1) is 11.8 Å². The van der Waals surface area contributed by atoms with Crippen LogP contribution in [-0.2, 0) is 41.3 Å². The Morgan fingerprint density at radius 1 is 0.970 bits per heavy atom. The summed E-state index contributed by atoms with van der Waals surface area (Å²) in [5.41, 5.74) is 1.61. The van der Waals surface area contributed by atoms with Crippen molar-refractivity contribution in [2.45, 2.75) is 104 Å². The Balaban J connectivity index is 0.857. The molecule has 2 aliphatic rings. The minimum atomic E-state index is -2.48. The maximum Gasteiger partial charge on any atom is 0.348 e. The van der Waals surface area contributed by atoms with Crippen molar-refractivity contribution in [3.05, 3.63) is 116 Å². The van der Waals surface area contributed by atoms with Crippen molar-refractivity contribution in [1.29, 1.82) is 0 Å². The van der Waals surface area contributed by atoms with Gasteiger partial charge in [-0.15, -0.1) is 0 Å². The lowest BCUT2D eigenvalue weighted by molar-refractivity contribution is -0.326. The Kier molecular flexibility index (Phi) is 11.4. The van der Waals surface area contributed by atoms with Gasteiger partial charge in [0.1, 0.15) is 22.8 Å². The zero-order valence-corrected chi connectivity index (χ0v) is 37.1. The van der Waals surface area contributed by atoms with Crippen molar-refractivity contribution < 1.29 is 39.9 Å². The summed E-state index contributed by atoms with van der Waals surface area (Å²) >= 11 is 0. The molecule has 1 fully saturated rings. The van der Waals surface area contributed by atoms with Crippen LogP contribution in [0.2, 0.25) is 0 Å². The van der Waals surface area contributed by atoms with Gasteiger partial charge < -0.3 is 44.2 Å². The molecule has 1 aliphatic heterocycles. The molecule has 0 bridgehead atoms. The lowest BCUT2D eigenvalue weighted by Crippen LogP contribution is -2.47. The molecule has 16 heteroatoms. The highest BCUT2D eigenvalue weighted by Gasteiger charge is 2.37. The number of phenolic OH excluding ortho intramolecular Hbond substituents is 2. The molecule has 66 heavy (non-hydrogen) atoms. The molecule has 5 heterocycles. The fraction of sp³-hybridized carbons (Fsp3) is 0.360. The van der Waals surface area contributed by atoms with E-state index in [2.05, 4.69) is 14.8 Å². The lowest BCUT2D eigenvalue weighted by atomic mass is 9.80. The number of aliphatic hydroxyl groups excluding tert-OH is 1. The van der Waals surface area contributed by atoms with E-state index < -0.39 is 29.4 Å². The first-order valence-corrected chi connectivity index (χ1v) is 22.5. The summed E-state index contributed by atoms with van der Waals surface area (Å²) in [7, 11) is 0. The van der Waals surface area contributed by atoms with E-state index in [9.17, 15) is 44.7 Å². The number of hydrogen-bond acceptors (Lipinski definition) is 12.